The lowest BCUT2D eigenvalue weighted by molar-refractivity contribution is 0.129. The van der Waals surface area contributed by atoms with Gasteiger partial charge in [0.05, 0.1) is 5.69 Å². The average Bonchev–Trinajstić information content (AvgIpc) is 3.09. The molecule has 0 bridgehead atoms. The molecule has 1 aliphatic heterocycles. The third-order valence-corrected chi connectivity index (χ3v) is 4.22. The van der Waals surface area contributed by atoms with Crippen molar-refractivity contribution in [3.8, 4) is 11.8 Å². The first-order chi connectivity index (χ1) is 13.2. The minimum Gasteiger partial charge on any atom is -0.439 e. The van der Waals surface area contributed by atoms with E-state index in [9.17, 15) is 9.18 Å². The van der Waals surface area contributed by atoms with Gasteiger partial charge in [-0.25, -0.2) is 14.2 Å². The molecule has 2 heterocycles. The number of hydrogen-bond acceptors (Lipinski definition) is 3. The summed E-state index contributed by atoms with van der Waals surface area (Å²) in [5.41, 5.74) is 2.31. The van der Waals surface area contributed by atoms with Crippen LogP contribution in [-0.2, 0) is 4.74 Å². The molecule has 3 aromatic rings. The fourth-order valence-electron chi connectivity index (χ4n) is 2.95. The summed E-state index contributed by atoms with van der Waals surface area (Å²) in [6.45, 7) is 0. The standard InChI is InChI=1S/C22H15FN2O2/c23-18-11-5-4-10-17(18)21-20(25-22(26)27-21)19-12-6-9-16(24-19)14-13-15-7-2-1-3-8-15/h1-12,20-21H,(H,25,26)/t20-,21-/m0/s1. The SMILES string of the molecule is O=C1N[C@@H](c2cccc(C#Cc3ccccc3)n2)[C@H](c2ccccc2F)O1. The van der Waals surface area contributed by atoms with Crippen LogP contribution in [0.1, 0.15) is 34.7 Å². The van der Waals surface area contributed by atoms with Gasteiger partial charge in [-0.3, -0.25) is 0 Å². The largest absolute Gasteiger partial charge is 0.439 e. The molecule has 1 amide bonds. The molecule has 4 nitrogen and oxygen atoms in total. The van der Waals surface area contributed by atoms with Crippen LogP contribution in [0.4, 0.5) is 9.18 Å². The van der Waals surface area contributed by atoms with Crippen LogP contribution in [0, 0.1) is 17.7 Å². The van der Waals surface area contributed by atoms with E-state index in [0.29, 0.717) is 17.0 Å². The Balaban J connectivity index is 1.65. The maximum Gasteiger partial charge on any atom is 0.408 e. The number of benzene rings is 2. The number of pyridine rings is 1. The second kappa shape index (κ2) is 7.30. The van der Waals surface area contributed by atoms with Crippen molar-refractivity contribution in [3.05, 3.63) is 101 Å². The predicted molar refractivity (Wildman–Crippen MR) is 98.2 cm³/mol. The second-order valence-corrected chi connectivity index (χ2v) is 6.03. The molecule has 0 unspecified atom stereocenters. The van der Waals surface area contributed by atoms with E-state index in [0.717, 1.165) is 5.56 Å². The van der Waals surface area contributed by atoms with Crippen LogP contribution in [0.3, 0.4) is 0 Å². The monoisotopic (exact) mass is 358 g/mol. The molecule has 5 heteroatoms. The fraction of sp³-hybridized carbons (Fsp3) is 0.0909. The van der Waals surface area contributed by atoms with E-state index in [-0.39, 0.29) is 0 Å². The quantitative estimate of drug-likeness (QED) is 0.701. The molecule has 4 rings (SSSR count). The summed E-state index contributed by atoms with van der Waals surface area (Å²) in [5, 5.41) is 2.71. The van der Waals surface area contributed by atoms with Crippen molar-refractivity contribution >= 4 is 6.09 Å². The highest BCUT2D eigenvalue weighted by atomic mass is 19.1. The summed E-state index contributed by atoms with van der Waals surface area (Å²) < 4.78 is 19.5. The van der Waals surface area contributed by atoms with Crippen LogP contribution in [0.5, 0.6) is 0 Å². The number of hydrogen-bond donors (Lipinski definition) is 1. The van der Waals surface area contributed by atoms with Crippen LogP contribution < -0.4 is 5.32 Å². The highest BCUT2D eigenvalue weighted by Crippen LogP contribution is 2.36. The number of nitrogens with one attached hydrogen (secondary N) is 1. The van der Waals surface area contributed by atoms with Gasteiger partial charge in [-0.15, -0.1) is 0 Å². The second-order valence-electron chi connectivity index (χ2n) is 6.03. The lowest BCUT2D eigenvalue weighted by Gasteiger charge is -2.17. The number of aromatic nitrogens is 1. The Morgan fingerprint density at radius 3 is 2.52 bits per heavy atom. The fourth-order valence-corrected chi connectivity index (χ4v) is 2.95. The van der Waals surface area contributed by atoms with E-state index in [1.165, 1.54) is 6.07 Å². The molecule has 0 spiro atoms. The highest BCUT2D eigenvalue weighted by molar-refractivity contribution is 5.71. The van der Waals surface area contributed by atoms with Gasteiger partial charge in [-0.05, 0) is 36.3 Å². The first kappa shape index (κ1) is 16.8. The highest BCUT2D eigenvalue weighted by Gasteiger charge is 2.38. The number of alkyl carbamates (subject to hydrolysis) is 1. The molecule has 1 N–H and O–H groups in total. The molecule has 132 valence electrons. The molecule has 0 aliphatic carbocycles. The lowest BCUT2D eigenvalue weighted by Crippen LogP contribution is -2.21. The van der Waals surface area contributed by atoms with Crippen LogP contribution in [-0.4, -0.2) is 11.1 Å². The van der Waals surface area contributed by atoms with Crippen molar-refractivity contribution in [1.29, 1.82) is 0 Å². The van der Waals surface area contributed by atoms with E-state index in [1.54, 1.807) is 36.4 Å². The van der Waals surface area contributed by atoms with Crippen LogP contribution in [0.15, 0.2) is 72.8 Å². The number of halogens is 1. The predicted octanol–water partition coefficient (Wildman–Crippen LogP) is 4.14. The molecule has 1 aliphatic rings. The van der Waals surface area contributed by atoms with Gasteiger partial charge in [0.25, 0.3) is 0 Å². The number of rotatable bonds is 2. The number of amides is 1. The Hall–Kier alpha value is -3.65. The maximum atomic E-state index is 14.2. The van der Waals surface area contributed by atoms with Crippen molar-refractivity contribution < 1.29 is 13.9 Å². The third kappa shape index (κ3) is 3.65. The average molecular weight is 358 g/mol. The number of carbonyl (C=O) groups excluding carboxylic acids is 1. The van der Waals surface area contributed by atoms with E-state index in [2.05, 4.69) is 22.1 Å². The summed E-state index contributed by atoms with van der Waals surface area (Å²) >= 11 is 0. The molecule has 1 saturated heterocycles. The van der Waals surface area contributed by atoms with E-state index < -0.39 is 24.1 Å². The molecular formula is C22H15FN2O2. The van der Waals surface area contributed by atoms with Crippen molar-refractivity contribution in [2.45, 2.75) is 12.1 Å². The Morgan fingerprint density at radius 1 is 0.926 bits per heavy atom. The molecular weight excluding hydrogens is 343 g/mol. The number of carbonyl (C=O) groups is 1. The Morgan fingerprint density at radius 2 is 1.70 bits per heavy atom. The zero-order chi connectivity index (χ0) is 18.6. The number of nitrogens with zero attached hydrogens (tertiary/aromatic N) is 1. The van der Waals surface area contributed by atoms with Gasteiger partial charge in [0.15, 0.2) is 6.10 Å². The van der Waals surface area contributed by atoms with Gasteiger partial charge in [0, 0.05) is 11.1 Å². The Bertz CT molecular complexity index is 1040. The lowest BCUT2D eigenvalue weighted by atomic mass is 9.99. The molecule has 27 heavy (non-hydrogen) atoms. The van der Waals surface area contributed by atoms with Gasteiger partial charge in [0.1, 0.15) is 17.6 Å². The molecule has 0 saturated carbocycles. The summed E-state index contributed by atoms with van der Waals surface area (Å²) in [6, 6.07) is 20.6. The third-order valence-electron chi connectivity index (χ3n) is 4.22. The van der Waals surface area contributed by atoms with E-state index in [1.807, 2.05) is 30.3 Å². The van der Waals surface area contributed by atoms with Crippen molar-refractivity contribution in [1.82, 2.24) is 10.3 Å². The van der Waals surface area contributed by atoms with Crippen molar-refractivity contribution in [2.24, 2.45) is 0 Å². The Kier molecular flexibility index (Phi) is 4.54. The van der Waals surface area contributed by atoms with Gasteiger partial charge in [0.2, 0.25) is 0 Å². The normalized spacial score (nSPS) is 18.2. The van der Waals surface area contributed by atoms with E-state index in [4.69, 9.17) is 4.74 Å². The summed E-state index contributed by atoms with van der Waals surface area (Å²) in [6.07, 6.45) is -1.39. The number of cyclic esters (lactones) is 1. The van der Waals surface area contributed by atoms with Crippen LogP contribution in [0.2, 0.25) is 0 Å². The van der Waals surface area contributed by atoms with Gasteiger partial charge >= 0.3 is 6.09 Å². The minimum atomic E-state index is -0.788. The zero-order valence-corrected chi connectivity index (χ0v) is 14.2. The summed E-state index contributed by atoms with van der Waals surface area (Å²) in [7, 11) is 0. The van der Waals surface area contributed by atoms with Gasteiger partial charge in [-0.1, -0.05) is 48.4 Å². The first-order valence-corrected chi connectivity index (χ1v) is 8.46. The Labute approximate surface area is 156 Å². The van der Waals surface area contributed by atoms with Gasteiger partial charge in [-0.2, -0.15) is 0 Å². The smallest absolute Gasteiger partial charge is 0.408 e. The molecule has 2 aromatic carbocycles. The summed E-state index contributed by atoms with van der Waals surface area (Å²) in [5.74, 6) is 5.63. The molecule has 1 aromatic heterocycles. The zero-order valence-electron chi connectivity index (χ0n) is 14.2. The van der Waals surface area contributed by atoms with E-state index >= 15 is 0 Å². The summed E-state index contributed by atoms with van der Waals surface area (Å²) in [4.78, 5) is 16.3. The van der Waals surface area contributed by atoms with Gasteiger partial charge < -0.3 is 10.1 Å². The topological polar surface area (TPSA) is 51.2 Å². The van der Waals surface area contributed by atoms with Crippen molar-refractivity contribution in [2.75, 3.05) is 0 Å². The first-order valence-electron chi connectivity index (χ1n) is 8.46. The molecule has 2 atom stereocenters. The minimum absolute atomic E-state index is 0.309. The van der Waals surface area contributed by atoms with Crippen LogP contribution >= 0.6 is 0 Å². The molecule has 0 radical (unpaired) electrons. The maximum absolute atomic E-state index is 14.2. The van der Waals surface area contributed by atoms with Crippen molar-refractivity contribution in [3.63, 3.8) is 0 Å². The van der Waals surface area contributed by atoms with Crippen LogP contribution in [0.25, 0.3) is 0 Å². The molecule has 1 fully saturated rings. The number of ether oxygens (including phenoxy) is 1.